The van der Waals surface area contributed by atoms with Crippen LogP contribution < -0.4 is 5.32 Å². The van der Waals surface area contributed by atoms with Crippen molar-refractivity contribution in [1.29, 1.82) is 0 Å². The van der Waals surface area contributed by atoms with Gasteiger partial charge in [0, 0.05) is 13.2 Å². The quantitative estimate of drug-likeness (QED) is 0.576. The topological polar surface area (TPSA) is 46.2 Å². The van der Waals surface area contributed by atoms with Crippen LogP contribution in [-0.2, 0) is 4.57 Å². The Balaban J connectivity index is 3.49. The van der Waals surface area contributed by atoms with E-state index in [0.29, 0.717) is 6.54 Å². The normalized spacial score (nSPS) is 10.5. The van der Waals surface area contributed by atoms with Crippen molar-refractivity contribution in [2.24, 2.45) is 0 Å². The fraction of sp³-hybridized carbons (Fsp3) is 0.750. The molecule has 0 spiro atoms. The fourth-order valence-corrected chi connectivity index (χ4v) is 0.643. The first-order valence-electron chi connectivity index (χ1n) is 2.37. The van der Waals surface area contributed by atoms with Crippen molar-refractivity contribution in [2.45, 2.75) is 6.92 Å². The van der Waals surface area contributed by atoms with Gasteiger partial charge in [-0.25, -0.2) is 0 Å². The molecule has 0 aromatic rings. The predicted molar refractivity (Wildman–Crippen MR) is 32.6 cm³/mol. The number of carbonyl (C=O) groups is 1. The first-order chi connectivity index (χ1) is 3.68. The highest BCUT2D eigenvalue weighted by atomic mass is 31.1. The van der Waals surface area contributed by atoms with Gasteiger partial charge < -0.3 is 5.32 Å². The van der Waals surface area contributed by atoms with E-state index >= 15 is 0 Å². The van der Waals surface area contributed by atoms with E-state index in [1.807, 2.05) is 0 Å². The van der Waals surface area contributed by atoms with Gasteiger partial charge in [-0.2, -0.15) is 0 Å². The Morgan fingerprint density at radius 3 is 2.38 bits per heavy atom. The van der Waals surface area contributed by atoms with Gasteiger partial charge in [0.2, 0.25) is 0 Å². The van der Waals surface area contributed by atoms with E-state index in [1.165, 1.54) is 6.66 Å². The summed E-state index contributed by atoms with van der Waals surface area (Å²) in [5, 5.41) is 2.42. The summed E-state index contributed by atoms with van der Waals surface area (Å²) < 4.78 is 10.3. The Hall–Kier alpha value is -0.430. The average molecular weight is 134 g/mol. The SMILES string of the molecule is CCNC(=O)[P](C)=O. The van der Waals surface area contributed by atoms with Crippen molar-refractivity contribution >= 4 is 13.4 Å². The van der Waals surface area contributed by atoms with Gasteiger partial charge in [0.15, 0.2) is 7.80 Å². The van der Waals surface area contributed by atoms with Gasteiger partial charge in [0.1, 0.15) is 0 Å². The van der Waals surface area contributed by atoms with E-state index in [1.54, 1.807) is 6.92 Å². The molecule has 1 amide bonds. The van der Waals surface area contributed by atoms with Gasteiger partial charge in [-0.3, -0.25) is 9.36 Å². The van der Waals surface area contributed by atoms with Gasteiger partial charge >= 0.3 is 0 Å². The molecule has 0 saturated carbocycles. The lowest BCUT2D eigenvalue weighted by Gasteiger charge is -1.93. The molecule has 0 rings (SSSR count). The van der Waals surface area contributed by atoms with E-state index in [2.05, 4.69) is 5.32 Å². The zero-order chi connectivity index (χ0) is 6.57. The zero-order valence-electron chi connectivity index (χ0n) is 4.97. The minimum atomic E-state index is -1.67. The summed E-state index contributed by atoms with van der Waals surface area (Å²) in [7, 11) is -1.67. The molecule has 0 aromatic heterocycles. The molecule has 0 aliphatic carbocycles. The van der Waals surface area contributed by atoms with Crippen LogP contribution in [0.3, 0.4) is 0 Å². The molecule has 1 unspecified atom stereocenters. The Labute approximate surface area is 49.3 Å². The maximum absolute atomic E-state index is 10.3. The molecule has 8 heavy (non-hydrogen) atoms. The van der Waals surface area contributed by atoms with Gasteiger partial charge in [0.05, 0.1) is 0 Å². The molecule has 1 radical (unpaired) electrons. The summed E-state index contributed by atoms with van der Waals surface area (Å²) in [5.41, 5.74) is -0.359. The third-order valence-corrected chi connectivity index (χ3v) is 1.34. The highest BCUT2D eigenvalue weighted by Crippen LogP contribution is 2.12. The first kappa shape index (κ1) is 7.57. The van der Waals surface area contributed by atoms with Crippen molar-refractivity contribution in [2.75, 3.05) is 13.2 Å². The molecule has 0 bridgehead atoms. The van der Waals surface area contributed by atoms with Crippen LogP contribution in [0, 0.1) is 0 Å². The molecule has 1 N–H and O–H groups in total. The molecule has 4 heteroatoms. The molecule has 0 heterocycles. The lowest BCUT2D eigenvalue weighted by molar-refractivity contribution is 0.259. The van der Waals surface area contributed by atoms with Gasteiger partial charge in [-0.1, -0.05) is 0 Å². The van der Waals surface area contributed by atoms with Crippen LogP contribution in [0.5, 0.6) is 0 Å². The number of amides is 1. The number of carbonyl (C=O) groups excluding carboxylic acids is 1. The van der Waals surface area contributed by atoms with E-state index in [-0.39, 0.29) is 5.65 Å². The smallest absolute Gasteiger partial charge is 0.300 e. The molecular formula is C4H9NO2P. The molecule has 0 saturated heterocycles. The predicted octanol–water partition coefficient (Wildman–Crippen LogP) is 1.17. The Kier molecular flexibility index (Phi) is 3.37. The molecule has 1 atom stereocenters. The van der Waals surface area contributed by atoms with Crippen molar-refractivity contribution in [3.63, 3.8) is 0 Å². The number of rotatable bonds is 2. The second kappa shape index (κ2) is 3.56. The van der Waals surface area contributed by atoms with Crippen molar-refractivity contribution in [3.8, 4) is 0 Å². The molecule has 47 valence electrons. The molecule has 0 aliphatic heterocycles. The molecule has 3 nitrogen and oxygen atoms in total. The van der Waals surface area contributed by atoms with Crippen LogP contribution in [0.1, 0.15) is 6.92 Å². The summed E-state index contributed by atoms with van der Waals surface area (Å²) >= 11 is 0. The standard InChI is InChI=1S/C4H9NO2P/c1-3-5-4(6)8(2)7/h3H2,1-2H3,(H,5,6). The second-order valence-corrected chi connectivity index (χ2v) is 2.73. The maximum Gasteiger partial charge on any atom is 0.300 e. The fourth-order valence-electron chi connectivity index (χ4n) is 0.263. The van der Waals surface area contributed by atoms with E-state index in [0.717, 1.165) is 0 Å². The lowest BCUT2D eigenvalue weighted by atomic mass is 10.8. The maximum atomic E-state index is 10.3. The summed E-state index contributed by atoms with van der Waals surface area (Å²) in [6.07, 6.45) is 0. The Morgan fingerprint density at radius 1 is 1.75 bits per heavy atom. The van der Waals surface area contributed by atoms with Crippen LogP contribution in [0.15, 0.2) is 0 Å². The van der Waals surface area contributed by atoms with Gasteiger partial charge in [-0.05, 0) is 6.92 Å². The summed E-state index contributed by atoms with van der Waals surface area (Å²) in [5.74, 6) is 0. The first-order valence-corrected chi connectivity index (χ1v) is 4.07. The highest BCUT2D eigenvalue weighted by Gasteiger charge is 2.01. The molecule has 0 fully saturated rings. The number of hydrogen-bond acceptors (Lipinski definition) is 2. The van der Waals surface area contributed by atoms with E-state index < -0.39 is 7.80 Å². The minimum Gasteiger partial charge on any atom is -0.347 e. The van der Waals surface area contributed by atoms with Crippen molar-refractivity contribution in [1.82, 2.24) is 5.32 Å². The number of nitrogens with one attached hydrogen (secondary N) is 1. The lowest BCUT2D eigenvalue weighted by Crippen LogP contribution is -2.16. The monoisotopic (exact) mass is 134 g/mol. The highest BCUT2D eigenvalue weighted by molar-refractivity contribution is 7.62. The van der Waals surface area contributed by atoms with Crippen LogP contribution in [0.25, 0.3) is 0 Å². The van der Waals surface area contributed by atoms with E-state index in [4.69, 9.17) is 0 Å². The van der Waals surface area contributed by atoms with E-state index in [9.17, 15) is 9.36 Å². The van der Waals surface area contributed by atoms with Crippen LogP contribution in [-0.4, -0.2) is 18.9 Å². The Bertz CT molecular complexity index is 113. The van der Waals surface area contributed by atoms with Crippen molar-refractivity contribution < 1.29 is 9.36 Å². The number of hydrogen-bond donors (Lipinski definition) is 1. The summed E-state index contributed by atoms with van der Waals surface area (Å²) in [6.45, 7) is 3.73. The van der Waals surface area contributed by atoms with Crippen LogP contribution in [0.2, 0.25) is 0 Å². The largest absolute Gasteiger partial charge is 0.347 e. The average Bonchev–Trinajstić information content (AvgIpc) is 1.67. The van der Waals surface area contributed by atoms with Crippen molar-refractivity contribution in [3.05, 3.63) is 0 Å². The summed E-state index contributed by atoms with van der Waals surface area (Å²) in [4.78, 5) is 10.3. The molecular weight excluding hydrogens is 125 g/mol. The molecule has 0 aliphatic rings. The summed E-state index contributed by atoms with van der Waals surface area (Å²) in [6, 6.07) is 0. The molecule has 0 aromatic carbocycles. The van der Waals surface area contributed by atoms with Gasteiger partial charge in [-0.15, -0.1) is 0 Å². The second-order valence-electron chi connectivity index (χ2n) is 1.33. The zero-order valence-corrected chi connectivity index (χ0v) is 5.87. The Morgan fingerprint density at radius 2 is 2.25 bits per heavy atom. The third-order valence-electron chi connectivity index (χ3n) is 0.614. The van der Waals surface area contributed by atoms with Crippen LogP contribution >= 0.6 is 7.80 Å². The van der Waals surface area contributed by atoms with Crippen LogP contribution in [0.4, 0.5) is 4.79 Å². The third kappa shape index (κ3) is 2.69. The minimum absolute atomic E-state index is 0.359. The van der Waals surface area contributed by atoms with Gasteiger partial charge in [0.25, 0.3) is 5.65 Å².